The molecule has 0 aliphatic rings. The molecule has 100 valence electrons. The van der Waals surface area contributed by atoms with E-state index in [2.05, 4.69) is 25.3 Å². The predicted octanol–water partition coefficient (Wildman–Crippen LogP) is 2.66. The molecular weight excluding hydrogens is 284 g/mol. The van der Waals surface area contributed by atoms with E-state index in [1.54, 1.807) is 24.3 Å². The lowest BCUT2D eigenvalue weighted by Crippen LogP contribution is -2.01. The third-order valence-corrected chi connectivity index (χ3v) is 2.80. The molecule has 0 saturated heterocycles. The first-order valence-electron chi connectivity index (χ1n) is 5.51. The zero-order valence-corrected chi connectivity index (χ0v) is 10.6. The van der Waals surface area contributed by atoms with Crippen LogP contribution in [0.15, 0.2) is 30.6 Å². The highest BCUT2D eigenvalue weighted by molar-refractivity contribution is 6.30. The summed E-state index contributed by atoms with van der Waals surface area (Å²) in [4.78, 5) is 24.5. The fourth-order valence-electron chi connectivity index (χ4n) is 1.66. The first-order chi connectivity index (χ1) is 9.63. The van der Waals surface area contributed by atoms with Gasteiger partial charge in [0.05, 0.1) is 6.33 Å². The highest BCUT2D eigenvalue weighted by atomic mass is 35.5. The van der Waals surface area contributed by atoms with Crippen LogP contribution in [0.4, 0.5) is 17.5 Å². The van der Waals surface area contributed by atoms with Gasteiger partial charge < -0.3 is 20.4 Å². The van der Waals surface area contributed by atoms with Gasteiger partial charge in [-0.3, -0.25) is 0 Å². The standard InChI is InChI=1S/C11H7ClN6O2/c12-6-1-3-7(4-2-6)15-10-8-9(14-5-13-8)16-11(17-10)18(19)20/h1-5H,(H2,13,14,15,16,17). The molecule has 2 aromatic heterocycles. The van der Waals surface area contributed by atoms with E-state index >= 15 is 0 Å². The van der Waals surface area contributed by atoms with Gasteiger partial charge in [0.2, 0.25) is 5.82 Å². The summed E-state index contributed by atoms with van der Waals surface area (Å²) in [6, 6.07) is 6.87. The average Bonchev–Trinajstić information content (AvgIpc) is 2.89. The SMILES string of the molecule is O=[N+]([O-])c1nc(Nc2ccc(Cl)cc2)c2[nH]cnc2n1. The van der Waals surface area contributed by atoms with Crippen molar-refractivity contribution < 1.29 is 4.92 Å². The largest absolute Gasteiger partial charge is 0.473 e. The van der Waals surface area contributed by atoms with Crippen molar-refractivity contribution in [1.29, 1.82) is 0 Å². The number of anilines is 2. The minimum atomic E-state index is -0.666. The second-order valence-electron chi connectivity index (χ2n) is 3.86. The summed E-state index contributed by atoms with van der Waals surface area (Å²) < 4.78 is 0. The molecular formula is C11H7ClN6O2. The molecule has 0 bridgehead atoms. The van der Waals surface area contributed by atoms with Gasteiger partial charge in [-0.25, -0.2) is 4.98 Å². The Bertz CT molecular complexity index is 785. The van der Waals surface area contributed by atoms with Crippen LogP contribution in [0, 0.1) is 10.1 Å². The molecule has 0 atom stereocenters. The fraction of sp³-hybridized carbons (Fsp3) is 0. The summed E-state index contributed by atoms with van der Waals surface area (Å²) in [5.74, 6) is -0.234. The number of fused-ring (bicyclic) bond motifs is 1. The molecule has 0 unspecified atom stereocenters. The van der Waals surface area contributed by atoms with E-state index in [1.807, 2.05) is 0 Å². The van der Waals surface area contributed by atoms with Crippen LogP contribution in [-0.2, 0) is 0 Å². The fourth-order valence-corrected chi connectivity index (χ4v) is 1.79. The van der Waals surface area contributed by atoms with Crippen LogP contribution in [0.1, 0.15) is 0 Å². The van der Waals surface area contributed by atoms with Crippen molar-refractivity contribution in [3.63, 3.8) is 0 Å². The van der Waals surface area contributed by atoms with E-state index in [0.29, 0.717) is 16.2 Å². The van der Waals surface area contributed by atoms with E-state index in [4.69, 9.17) is 11.6 Å². The molecule has 0 spiro atoms. The third-order valence-electron chi connectivity index (χ3n) is 2.54. The Hall–Kier alpha value is -2.74. The van der Waals surface area contributed by atoms with E-state index in [0.717, 1.165) is 0 Å². The molecule has 2 heterocycles. The van der Waals surface area contributed by atoms with Crippen LogP contribution >= 0.6 is 11.6 Å². The van der Waals surface area contributed by atoms with Gasteiger partial charge >= 0.3 is 5.95 Å². The number of benzene rings is 1. The number of aromatic nitrogens is 4. The summed E-state index contributed by atoms with van der Waals surface area (Å²) in [7, 11) is 0. The van der Waals surface area contributed by atoms with E-state index in [-0.39, 0.29) is 11.5 Å². The average molecular weight is 291 g/mol. The van der Waals surface area contributed by atoms with Gasteiger partial charge in [0.15, 0.2) is 5.52 Å². The van der Waals surface area contributed by atoms with Gasteiger partial charge in [-0.1, -0.05) is 11.6 Å². The van der Waals surface area contributed by atoms with Gasteiger partial charge in [0.1, 0.15) is 0 Å². The maximum absolute atomic E-state index is 10.8. The van der Waals surface area contributed by atoms with Crippen molar-refractivity contribution in [2.75, 3.05) is 5.32 Å². The number of hydrogen-bond acceptors (Lipinski definition) is 6. The highest BCUT2D eigenvalue weighted by Crippen LogP contribution is 2.24. The zero-order chi connectivity index (χ0) is 14.1. The first kappa shape index (κ1) is 12.3. The molecule has 3 aromatic rings. The molecule has 20 heavy (non-hydrogen) atoms. The molecule has 0 aliphatic carbocycles. The number of nitrogens with zero attached hydrogens (tertiary/aromatic N) is 4. The smallest absolute Gasteiger partial charge is 0.390 e. The maximum Gasteiger partial charge on any atom is 0.473 e. The Kier molecular flexibility index (Phi) is 2.92. The van der Waals surface area contributed by atoms with Crippen molar-refractivity contribution in [2.45, 2.75) is 0 Å². The van der Waals surface area contributed by atoms with Crippen LogP contribution in [0.3, 0.4) is 0 Å². The lowest BCUT2D eigenvalue weighted by Gasteiger charge is -2.03. The number of aromatic amines is 1. The molecule has 1 aromatic carbocycles. The summed E-state index contributed by atoms with van der Waals surface area (Å²) in [6.07, 6.45) is 1.40. The number of imidazole rings is 1. The summed E-state index contributed by atoms with van der Waals surface area (Å²) in [5.41, 5.74) is 1.41. The highest BCUT2D eigenvalue weighted by Gasteiger charge is 2.19. The monoisotopic (exact) mass is 290 g/mol. The number of halogens is 1. The van der Waals surface area contributed by atoms with Crippen molar-refractivity contribution in [2.24, 2.45) is 0 Å². The van der Waals surface area contributed by atoms with Crippen LogP contribution in [0.25, 0.3) is 11.2 Å². The number of rotatable bonds is 3. The minimum absolute atomic E-state index is 0.225. The second kappa shape index (κ2) is 4.74. The van der Waals surface area contributed by atoms with Gasteiger partial charge in [0, 0.05) is 10.7 Å². The Balaban J connectivity index is 2.07. The molecule has 9 heteroatoms. The van der Waals surface area contributed by atoms with Gasteiger partial charge in [0.25, 0.3) is 5.65 Å². The van der Waals surface area contributed by atoms with E-state index < -0.39 is 10.9 Å². The van der Waals surface area contributed by atoms with Crippen molar-refractivity contribution >= 4 is 40.2 Å². The Morgan fingerprint density at radius 1 is 1.25 bits per heavy atom. The van der Waals surface area contributed by atoms with Crippen molar-refractivity contribution in [3.8, 4) is 0 Å². The van der Waals surface area contributed by atoms with Crippen LogP contribution < -0.4 is 5.32 Å². The molecule has 0 saturated carbocycles. The predicted molar refractivity (Wildman–Crippen MR) is 73.1 cm³/mol. The molecule has 2 N–H and O–H groups in total. The van der Waals surface area contributed by atoms with Crippen LogP contribution in [0.2, 0.25) is 5.02 Å². The van der Waals surface area contributed by atoms with Gasteiger partial charge in [-0.2, -0.15) is 0 Å². The lowest BCUT2D eigenvalue weighted by molar-refractivity contribution is -0.394. The third kappa shape index (κ3) is 2.24. The van der Waals surface area contributed by atoms with Crippen molar-refractivity contribution in [1.82, 2.24) is 19.9 Å². The Morgan fingerprint density at radius 2 is 2.00 bits per heavy atom. The number of nitro groups is 1. The Morgan fingerprint density at radius 3 is 2.70 bits per heavy atom. The molecule has 0 aliphatic heterocycles. The molecule has 0 fully saturated rings. The first-order valence-corrected chi connectivity index (χ1v) is 5.89. The summed E-state index contributed by atoms with van der Waals surface area (Å²) in [5, 5.41) is 14.4. The normalized spacial score (nSPS) is 10.7. The summed E-state index contributed by atoms with van der Waals surface area (Å²) >= 11 is 5.80. The van der Waals surface area contributed by atoms with Crippen LogP contribution in [-0.4, -0.2) is 24.9 Å². The Labute approximate surface area is 117 Å². The molecule has 3 rings (SSSR count). The number of nitrogens with one attached hydrogen (secondary N) is 2. The molecule has 8 nitrogen and oxygen atoms in total. The quantitative estimate of drug-likeness (QED) is 0.567. The topological polar surface area (TPSA) is 110 Å². The van der Waals surface area contributed by atoms with Gasteiger partial charge in [-0.15, -0.1) is 0 Å². The summed E-state index contributed by atoms with van der Waals surface area (Å²) in [6.45, 7) is 0. The minimum Gasteiger partial charge on any atom is -0.390 e. The van der Waals surface area contributed by atoms with Crippen LogP contribution in [0.5, 0.6) is 0 Å². The van der Waals surface area contributed by atoms with E-state index in [9.17, 15) is 10.1 Å². The molecule has 0 radical (unpaired) electrons. The lowest BCUT2D eigenvalue weighted by atomic mass is 10.3. The number of hydrogen-bond donors (Lipinski definition) is 2. The number of H-pyrrole nitrogens is 1. The molecule has 0 amide bonds. The maximum atomic E-state index is 10.8. The zero-order valence-electron chi connectivity index (χ0n) is 9.87. The van der Waals surface area contributed by atoms with E-state index in [1.165, 1.54) is 6.33 Å². The van der Waals surface area contributed by atoms with Gasteiger partial charge in [-0.05, 0) is 39.2 Å². The van der Waals surface area contributed by atoms with Crippen molar-refractivity contribution in [3.05, 3.63) is 45.7 Å². The second-order valence-corrected chi connectivity index (χ2v) is 4.30.